The van der Waals surface area contributed by atoms with E-state index in [1.54, 1.807) is 4.90 Å². The van der Waals surface area contributed by atoms with E-state index in [-0.39, 0.29) is 0 Å². The predicted octanol–water partition coefficient (Wildman–Crippen LogP) is -0.899. The SMILES string of the molecule is C[NH+]1CCCCC1.O=S(=O)([O-])F. The van der Waals surface area contributed by atoms with Crippen LogP contribution in [-0.4, -0.2) is 33.1 Å². The summed E-state index contributed by atoms with van der Waals surface area (Å²) < 4.78 is 35.3. The second kappa shape index (κ2) is 5.45. The summed E-state index contributed by atoms with van der Waals surface area (Å²) in [4.78, 5) is 1.71. The minimum absolute atomic E-state index is 1.40. The normalized spacial score (nSPS) is 19.6. The topological polar surface area (TPSA) is 61.6 Å². The molecule has 1 saturated heterocycles. The molecule has 0 saturated carbocycles. The van der Waals surface area contributed by atoms with Crippen molar-refractivity contribution in [3.63, 3.8) is 0 Å². The van der Waals surface area contributed by atoms with Crippen LogP contribution in [0.2, 0.25) is 0 Å². The van der Waals surface area contributed by atoms with Crippen LogP contribution in [0.3, 0.4) is 0 Å². The van der Waals surface area contributed by atoms with Crippen LogP contribution in [0.25, 0.3) is 0 Å². The van der Waals surface area contributed by atoms with E-state index in [0.29, 0.717) is 0 Å². The van der Waals surface area contributed by atoms with Crippen molar-refractivity contribution in [3.05, 3.63) is 0 Å². The second-order valence-electron chi connectivity index (χ2n) is 2.91. The van der Waals surface area contributed by atoms with Gasteiger partial charge in [0.25, 0.3) is 10.5 Å². The summed E-state index contributed by atoms with van der Waals surface area (Å²) >= 11 is 0. The van der Waals surface area contributed by atoms with Crippen LogP contribution in [0.4, 0.5) is 3.89 Å². The molecule has 0 atom stereocenters. The van der Waals surface area contributed by atoms with Gasteiger partial charge in [-0.3, -0.25) is 0 Å². The number of quaternary nitrogens is 1. The van der Waals surface area contributed by atoms with Gasteiger partial charge in [-0.05, 0) is 19.3 Å². The van der Waals surface area contributed by atoms with Gasteiger partial charge in [-0.15, -0.1) is 3.89 Å². The van der Waals surface area contributed by atoms with E-state index < -0.39 is 10.5 Å². The molecule has 0 unspecified atom stereocenters. The van der Waals surface area contributed by atoms with Gasteiger partial charge in [-0.2, -0.15) is 0 Å². The summed E-state index contributed by atoms with van der Waals surface area (Å²) in [5, 5.41) is 0. The maximum Gasteiger partial charge on any atom is 0.255 e. The number of halogens is 1. The van der Waals surface area contributed by atoms with Gasteiger partial charge in [0.05, 0.1) is 20.1 Å². The van der Waals surface area contributed by atoms with Gasteiger partial charge in [0.15, 0.2) is 0 Å². The van der Waals surface area contributed by atoms with Gasteiger partial charge in [0, 0.05) is 0 Å². The maximum atomic E-state index is 10.1. The van der Waals surface area contributed by atoms with E-state index in [4.69, 9.17) is 13.0 Å². The minimum Gasteiger partial charge on any atom is -0.722 e. The van der Waals surface area contributed by atoms with E-state index >= 15 is 0 Å². The Morgan fingerprint density at radius 1 is 1.25 bits per heavy atom. The first kappa shape index (κ1) is 11.8. The van der Waals surface area contributed by atoms with Crippen molar-refractivity contribution in [2.75, 3.05) is 20.1 Å². The molecular weight excluding hydrogens is 185 g/mol. The maximum absolute atomic E-state index is 10.1. The van der Waals surface area contributed by atoms with Crippen molar-refractivity contribution in [3.8, 4) is 0 Å². The van der Waals surface area contributed by atoms with Crippen LogP contribution in [0.1, 0.15) is 19.3 Å². The first-order chi connectivity index (χ1) is 5.39. The number of likely N-dealkylation sites (tertiary alicyclic amines) is 1. The fourth-order valence-corrected chi connectivity index (χ4v) is 1.16. The molecule has 1 aliphatic rings. The summed E-state index contributed by atoms with van der Waals surface area (Å²) in [7, 11) is -3.14. The second-order valence-corrected chi connectivity index (χ2v) is 3.70. The molecule has 0 radical (unpaired) electrons. The average Bonchev–Trinajstić information content (AvgIpc) is 1.85. The number of piperidine rings is 1. The lowest BCUT2D eigenvalue weighted by Gasteiger charge is -2.17. The van der Waals surface area contributed by atoms with Gasteiger partial charge in [-0.25, -0.2) is 8.42 Å². The van der Waals surface area contributed by atoms with Gasteiger partial charge in [0.1, 0.15) is 0 Å². The molecule has 4 nitrogen and oxygen atoms in total. The molecule has 0 spiro atoms. The Morgan fingerprint density at radius 3 is 1.75 bits per heavy atom. The molecule has 12 heavy (non-hydrogen) atoms. The minimum atomic E-state index is -5.42. The molecular formula is C6H14FNO3S. The molecule has 1 aliphatic heterocycles. The van der Waals surface area contributed by atoms with Crippen LogP contribution in [0, 0.1) is 0 Å². The number of hydrogen-bond donors (Lipinski definition) is 1. The summed E-state index contributed by atoms with van der Waals surface area (Å²) in [5.74, 6) is 0. The third kappa shape index (κ3) is 12.5. The molecule has 0 aromatic carbocycles. The average molecular weight is 199 g/mol. The number of rotatable bonds is 0. The highest BCUT2D eigenvalue weighted by atomic mass is 32.3. The van der Waals surface area contributed by atoms with Crippen molar-refractivity contribution in [1.82, 2.24) is 0 Å². The molecule has 0 bridgehead atoms. The molecule has 1 rings (SSSR count). The molecule has 0 amide bonds. The molecule has 1 fully saturated rings. The third-order valence-corrected chi connectivity index (χ3v) is 1.71. The van der Waals surface area contributed by atoms with E-state index in [1.807, 2.05) is 0 Å². The lowest BCUT2D eigenvalue weighted by molar-refractivity contribution is -0.884. The molecule has 0 aliphatic carbocycles. The fraction of sp³-hybridized carbons (Fsp3) is 1.00. The third-order valence-electron chi connectivity index (χ3n) is 1.71. The molecule has 1 heterocycles. The molecule has 1 N–H and O–H groups in total. The molecule has 0 aromatic rings. The van der Waals surface area contributed by atoms with Crippen molar-refractivity contribution in [2.24, 2.45) is 0 Å². The predicted molar refractivity (Wildman–Crippen MR) is 41.3 cm³/mol. The monoisotopic (exact) mass is 199 g/mol. The summed E-state index contributed by atoms with van der Waals surface area (Å²) in [5.41, 5.74) is 0. The van der Waals surface area contributed by atoms with E-state index in [0.717, 1.165) is 0 Å². The zero-order valence-electron chi connectivity index (χ0n) is 7.05. The van der Waals surface area contributed by atoms with Crippen LogP contribution in [-0.2, 0) is 10.5 Å². The fourth-order valence-electron chi connectivity index (χ4n) is 1.16. The Morgan fingerprint density at radius 2 is 1.58 bits per heavy atom. The van der Waals surface area contributed by atoms with Crippen molar-refractivity contribution < 1.29 is 21.8 Å². The van der Waals surface area contributed by atoms with Crippen LogP contribution in [0.15, 0.2) is 0 Å². The summed E-state index contributed by atoms with van der Waals surface area (Å²) in [6, 6.07) is 0. The summed E-state index contributed by atoms with van der Waals surface area (Å²) in [6.45, 7) is 2.81. The molecule has 74 valence electrons. The van der Waals surface area contributed by atoms with Gasteiger partial charge in [-0.1, -0.05) is 0 Å². The van der Waals surface area contributed by atoms with Crippen LogP contribution >= 0.6 is 0 Å². The first-order valence-corrected chi connectivity index (χ1v) is 5.17. The van der Waals surface area contributed by atoms with Crippen molar-refractivity contribution in [1.29, 1.82) is 0 Å². The lowest BCUT2D eigenvalue weighted by atomic mass is 10.1. The van der Waals surface area contributed by atoms with Gasteiger partial charge < -0.3 is 9.45 Å². The standard InChI is InChI=1S/C6H13N.FHO3S/c1-7-5-3-2-4-6-7;1-5(2,3)4/h2-6H2,1H3;(H,2,3,4). The highest BCUT2D eigenvalue weighted by Gasteiger charge is 2.05. The number of nitrogens with one attached hydrogen (secondary N) is 1. The van der Waals surface area contributed by atoms with Gasteiger partial charge >= 0.3 is 0 Å². The Balaban J connectivity index is 0.000000217. The zero-order valence-corrected chi connectivity index (χ0v) is 7.86. The summed E-state index contributed by atoms with van der Waals surface area (Å²) in [6.07, 6.45) is 4.37. The number of hydrogen-bond acceptors (Lipinski definition) is 3. The van der Waals surface area contributed by atoms with Crippen LogP contribution < -0.4 is 4.90 Å². The Labute approximate surface area is 72.4 Å². The first-order valence-electron chi connectivity index (χ1n) is 3.86. The Bertz CT molecular complexity index is 191. The Hall–Kier alpha value is -0.200. The lowest BCUT2D eigenvalue weighted by Crippen LogP contribution is -3.09. The van der Waals surface area contributed by atoms with E-state index in [1.165, 1.54) is 32.4 Å². The molecule has 0 aromatic heterocycles. The zero-order chi connectivity index (χ0) is 9.61. The van der Waals surface area contributed by atoms with Crippen molar-refractivity contribution in [2.45, 2.75) is 19.3 Å². The highest BCUT2D eigenvalue weighted by molar-refractivity contribution is 7.80. The van der Waals surface area contributed by atoms with Crippen LogP contribution in [0.5, 0.6) is 0 Å². The largest absolute Gasteiger partial charge is 0.722 e. The van der Waals surface area contributed by atoms with E-state index in [9.17, 15) is 3.89 Å². The van der Waals surface area contributed by atoms with E-state index in [2.05, 4.69) is 7.05 Å². The van der Waals surface area contributed by atoms with Crippen molar-refractivity contribution >= 4 is 10.5 Å². The molecule has 6 heteroatoms. The highest BCUT2D eigenvalue weighted by Crippen LogP contribution is 1.92. The van der Waals surface area contributed by atoms with Gasteiger partial charge in [0.2, 0.25) is 0 Å². The Kier molecular flexibility index (Phi) is 5.36. The quantitative estimate of drug-likeness (QED) is 0.406. The smallest absolute Gasteiger partial charge is 0.255 e.